The van der Waals surface area contributed by atoms with Crippen LogP contribution in [0, 0.1) is 17.2 Å². The van der Waals surface area contributed by atoms with Gasteiger partial charge in [-0.05, 0) is 55.1 Å². The molecule has 1 aromatic carbocycles. The molecule has 0 amide bonds. The summed E-state index contributed by atoms with van der Waals surface area (Å²) in [5.41, 5.74) is 7.27. The minimum absolute atomic E-state index is 0.261. The zero-order valence-corrected chi connectivity index (χ0v) is 13.7. The summed E-state index contributed by atoms with van der Waals surface area (Å²) in [6.07, 6.45) is 4.78. The van der Waals surface area contributed by atoms with E-state index in [4.69, 9.17) is 10.5 Å². The number of hydrogen-bond acceptors (Lipinski definition) is 2. The fourth-order valence-corrected chi connectivity index (χ4v) is 3.47. The SMILES string of the molecule is COc1cccc(CC2(N)CCC(C(C)(C)C)CC2)c1F. The second kappa shape index (κ2) is 5.96. The zero-order valence-electron chi connectivity index (χ0n) is 13.7. The van der Waals surface area contributed by atoms with Crippen molar-refractivity contribution in [3.63, 3.8) is 0 Å². The molecule has 0 unspecified atom stereocenters. The number of ether oxygens (including phenoxy) is 1. The molecule has 1 fully saturated rings. The molecule has 1 aromatic rings. The van der Waals surface area contributed by atoms with Crippen LogP contribution in [0.15, 0.2) is 18.2 Å². The topological polar surface area (TPSA) is 35.2 Å². The molecule has 0 bridgehead atoms. The smallest absolute Gasteiger partial charge is 0.168 e. The fourth-order valence-electron chi connectivity index (χ4n) is 3.47. The Balaban J connectivity index is 2.07. The Kier molecular flexibility index (Phi) is 4.62. The van der Waals surface area contributed by atoms with Crippen molar-refractivity contribution in [1.29, 1.82) is 0 Å². The molecule has 1 aliphatic rings. The van der Waals surface area contributed by atoms with Crippen LogP contribution in [0.25, 0.3) is 0 Å². The highest BCUT2D eigenvalue weighted by molar-refractivity contribution is 5.32. The molecule has 1 aliphatic carbocycles. The standard InChI is InChI=1S/C18H28FNO/c1-17(2,3)14-8-10-18(20,11-9-14)12-13-6-5-7-15(21-4)16(13)19/h5-7,14H,8-12,20H2,1-4H3. The van der Waals surface area contributed by atoms with E-state index in [9.17, 15) is 4.39 Å². The molecule has 2 N–H and O–H groups in total. The Morgan fingerprint density at radius 3 is 2.43 bits per heavy atom. The van der Waals surface area contributed by atoms with Gasteiger partial charge in [0.2, 0.25) is 0 Å². The summed E-state index contributed by atoms with van der Waals surface area (Å²) < 4.78 is 19.3. The number of hydrogen-bond donors (Lipinski definition) is 1. The molecule has 0 spiro atoms. The monoisotopic (exact) mass is 293 g/mol. The first kappa shape index (κ1) is 16.3. The summed E-state index contributed by atoms with van der Waals surface area (Å²) in [6.45, 7) is 6.88. The molecule has 0 radical (unpaired) electrons. The van der Waals surface area contributed by atoms with Gasteiger partial charge in [0.05, 0.1) is 7.11 Å². The first-order valence-electron chi connectivity index (χ1n) is 7.85. The minimum atomic E-state index is -0.283. The molecule has 0 aliphatic heterocycles. The van der Waals surface area contributed by atoms with E-state index in [1.165, 1.54) is 7.11 Å². The van der Waals surface area contributed by atoms with Gasteiger partial charge in [0.25, 0.3) is 0 Å². The van der Waals surface area contributed by atoms with E-state index in [1.54, 1.807) is 6.07 Å². The summed E-state index contributed by atoms with van der Waals surface area (Å²) in [7, 11) is 1.49. The Hall–Kier alpha value is -1.09. The summed E-state index contributed by atoms with van der Waals surface area (Å²) in [4.78, 5) is 0. The van der Waals surface area contributed by atoms with Crippen molar-refractivity contribution in [2.45, 2.75) is 58.4 Å². The Bertz CT molecular complexity index is 484. The van der Waals surface area contributed by atoms with Crippen molar-refractivity contribution < 1.29 is 9.13 Å². The molecule has 0 saturated heterocycles. The Morgan fingerprint density at radius 2 is 1.90 bits per heavy atom. The predicted octanol–water partition coefficient (Wildman–Crippen LogP) is 4.31. The molecule has 1 saturated carbocycles. The van der Waals surface area contributed by atoms with Gasteiger partial charge >= 0.3 is 0 Å². The maximum atomic E-state index is 14.3. The molecule has 21 heavy (non-hydrogen) atoms. The van der Waals surface area contributed by atoms with Gasteiger partial charge in [-0.2, -0.15) is 0 Å². The van der Waals surface area contributed by atoms with Crippen LogP contribution in [0.2, 0.25) is 0 Å². The Labute approximate surface area is 127 Å². The summed E-state index contributed by atoms with van der Waals surface area (Å²) >= 11 is 0. The molecule has 2 rings (SSSR count). The van der Waals surface area contributed by atoms with Gasteiger partial charge in [-0.15, -0.1) is 0 Å². The minimum Gasteiger partial charge on any atom is -0.494 e. The molecule has 0 aromatic heterocycles. The molecule has 0 heterocycles. The summed E-state index contributed by atoms with van der Waals surface area (Å²) in [5.74, 6) is 0.756. The van der Waals surface area contributed by atoms with Crippen molar-refractivity contribution in [3.05, 3.63) is 29.6 Å². The van der Waals surface area contributed by atoms with E-state index in [2.05, 4.69) is 20.8 Å². The van der Waals surface area contributed by atoms with Crippen LogP contribution < -0.4 is 10.5 Å². The zero-order chi connectivity index (χ0) is 15.7. The van der Waals surface area contributed by atoms with Crippen molar-refractivity contribution in [2.75, 3.05) is 7.11 Å². The van der Waals surface area contributed by atoms with Gasteiger partial charge in [0, 0.05) is 5.54 Å². The van der Waals surface area contributed by atoms with Crippen LogP contribution in [-0.4, -0.2) is 12.6 Å². The average Bonchev–Trinajstić information content (AvgIpc) is 2.40. The maximum Gasteiger partial charge on any atom is 0.168 e. The van der Waals surface area contributed by atoms with Gasteiger partial charge in [0.1, 0.15) is 0 Å². The van der Waals surface area contributed by atoms with Crippen molar-refractivity contribution in [1.82, 2.24) is 0 Å². The molecular weight excluding hydrogens is 265 g/mol. The van der Waals surface area contributed by atoms with E-state index in [1.807, 2.05) is 12.1 Å². The Morgan fingerprint density at radius 1 is 1.29 bits per heavy atom. The molecule has 2 nitrogen and oxygen atoms in total. The van der Waals surface area contributed by atoms with Gasteiger partial charge in [-0.3, -0.25) is 0 Å². The van der Waals surface area contributed by atoms with Crippen LogP contribution >= 0.6 is 0 Å². The highest BCUT2D eigenvalue weighted by atomic mass is 19.1. The third-order valence-electron chi connectivity index (χ3n) is 5.01. The van der Waals surface area contributed by atoms with Crippen molar-refractivity contribution >= 4 is 0 Å². The number of halogens is 1. The first-order valence-corrected chi connectivity index (χ1v) is 7.85. The largest absolute Gasteiger partial charge is 0.494 e. The lowest BCUT2D eigenvalue weighted by Gasteiger charge is -2.42. The van der Waals surface area contributed by atoms with E-state index >= 15 is 0 Å². The van der Waals surface area contributed by atoms with Gasteiger partial charge in [-0.25, -0.2) is 4.39 Å². The third kappa shape index (κ3) is 3.76. The maximum absolute atomic E-state index is 14.3. The highest BCUT2D eigenvalue weighted by Gasteiger charge is 2.36. The van der Waals surface area contributed by atoms with E-state index < -0.39 is 0 Å². The van der Waals surface area contributed by atoms with Gasteiger partial charge < -0.3 is 10.5 Å². The second-order valence-corrected chi connectivity index (χ2v) is 7.61. The molecule has 3 heteroatoms. The van der Waals surface area contributed by atoms with Gasteiger partial charge in [0.15, 0.2) is 11.6 Å². The highest BCUT2D eigenvalue weighted by Crippen LogP contribution is 2.41. The van der Waals surface area contributed by atoms with E-state index in [-0.39, 0.29) is 11.4 Å². The first-order chi connectivity index (χ1) is 9.75. The lowest BCUT2D eigenvalue weighted by molar-refractivity contribution is 0.133. The summed E-state index contributed by atoms with van der Waals surface area (Å²) in [5, 5.41) is 0. The molecule has 118 valence electrons. The predicted molar refractivity (Wildman–Crippen MR) is 85.0 cm³/mol. The third-order valence-corrected chi connectivity index (χ3v) is 5.01. The normalized spacial score (nSPS) is 26.7. The molecule has 0 atom stereocenters. The van der Waals surface area contributed by atoms with Crippen LogP contribution in [0.4, 0.5) is 4.39 Å². The lowest BCUT2D eigenvalue weighted by atomic mass is 9.66. The van der Waals surface area contributed by atoms with Gasteiger partial charge in [-0.1, -0.05) is 32.9 Å². The van der Waals surface area contributed by atoms with Crippen LogP contribution in [0.3, 0.4) is 0 Å². The number of rotatable bonds is 3. The van der Waals surface area contributed by atoms with E-state index in [0.717, 1.165) is 25.7 Å². The van der Waals surface area contributed by atoms with E-state index in [0.29, 0.717) is 29.1 Å². The molecular formula is C18H28FNO. The lowest BCUT2D eigenvalue weighted by Crippen LogP contribution is -2.46. The average molecular weight is 293 g/mol. The quantitative estimate of drug-likeness (QED) is 0.901. The summed E-state index contributed by atoms with van der Waals surface area (Å²) in [6, 6.07) is 5.31. The number of benzene rings is 1. The van der Waals surface area contributed by atoms with Crippen LogP contribution in [0.1, 0.15) is 52.0 Å². The fraction of sp³-hybridized carbons (Fsp3) is 0.667. The van der Waals surface area contributed by atoms with Crippen molar-refractivity contribution in [3.8, 4) is 5.75 Å². The van der Waals surface area contributed by atoms with Crippen LogP contribution in [-0.2, 0) is 6.42 Å². The number of methoxy groups -OCH3 is 1. The number of nitrogens with two attached hydrogens (primary N) is 1. The van der Waals surface area contributed by atoms with Crippen molar-refractivity contribution in [2.24, 2.45) is 17.1 Å². The van der Waals surface area contributed by atoms with Crippen LogP contribution in [0.5, 0.6) is 5.75 Å². The second-order valence-electron chi connectivity index (χ2n) is 7.61.